The van der Waals surface area contributed by atoms with Crippen molar-refractivity contribution in [1.82, 2.24) is 9.80 Å². The second kappa shape index (κ2) is 9.30. The van der Waals surface area contributed by atoms with Gasteiger partial charge in [-0.2, -0.15) is 0 Å². The van der Waals surface area contributed by atoms with Gasteiger partial charge < -0.3 is 19.6 Å². The molecule has 1 fully saturated rings. The number of likely N-dealkylation sites (tertiary alicyclic amines) is 1. The van der Waals surface area contributed by atoms with Crippen molar-refractivity contribution in [3.05, 3.63) is 68.7 Å². The number of rotatable bonds is 6. The maximum Gasteiger partial charge on any atom is 0.295 e. The largest absolute Gasteiger partial charge is 0.507 e. The molecule has 1 saturated heterocycles. The van der Waals surface area contributed by atoms with Gasteiger partial charge in [0.15, 0.2) is 0 Å². The van der Waals surface area contributed by atoms with E-state index >= 15 is 0 Å². The van der Waals surface area contributed by atoms with Crippen molar-refractivity contribution in [2.45, 2.75) is 13.0 Å². The Hall–Kier alpha value is -2.54. The van der Waals surface area contributed by atoms with Crippen LogP contribution in [-0.4, -0.2) is 60.9 Å². The highest BCUT2D eigenvalue weighted by molar-refractivity contribution is 6.46. The zero-order valence-electron chi connectivity index (χ0n) is 17.8. The summed E-state index contributed by atoms with van der Waals surface area (Å²) in [5.41, 5.74) is 1.70. The lowest BCUT2D eigenvalue weighted by Gasteiger charge is -2.26. The smallest absolute Gasteiger partial charge is 0.295 e. The van der Waals surface area contributed by atoms with Crippen molar-refractivity contribution >= 4 is 40.7 Å². The molecule has 1 heterocycles. The molecule has 1 N–H and O–H groups in total. The molecule has 164 valence electrons. The minimum atomic E-state index is -0.763. The molecular formula is C23H24Cl2N2O4. The number of benzene rings is 2. The van der Waals surface area contributed by atoms with Gasteiger partial charge in [-0.05, 0) is 56.4 Å². The first kappa shape index (κ1) is 23.1. The predicted octanol–water partition coefficient (Wildman–Crippen LogP) is 4.29. The van der Waals surface area contributed by atoms with Crippen molar-refractivity contribution < 1.29 is 19.4 Å². The van der Waals surface area contributed by atoms with Gasteiger partial charge >= 0.3 is 0 Å². The molecule has 6 nitrogen and oxygen atoms in total. The summed E-state index contributed by atoms with van der Waals surface area (Å²) in [5.74, 6) is -1.51. The third kappa shape index (κ3) is 4.56. The second-order valence-electron chi connectivity index (χ2n) is 7.67. The first-order chi connectivity index (χ1) is 14.6. The second-order valence-corrected chi connectivity index (χ2v) is 8.52. The van der Waals surface area contributed by atoms with E-state index in [9.17, 15) is 14.7 Å². The van der Waals surface area contributed by atoms with Gasteiger partial charge in [-0.3, -0.25) is 9.59 Å². The van der Waals surface area contributed by atoms with Crippen LogP contribution in [0.15, 0.2) is 42.0 Å². The van der Waals surface area contributed by atoms with Crippen molar-refractivity contribution in [2.24, 2.45) is 0 Å². The van der Waals surface area contributed by atoms with Gasteiger partial charge in [0.25, 0.3) is 11.7 Å². The molecule has 2 aromatic carbocycles. The minimum absolute atomic E-state index is 0.00829. The van der Waals surface area contributed by atoms with E-state index in [-0.39, 0.29) is 22.6 Å². The zero-order valence-corrected chi connectivity index (χ0v) is 19.3. The first-order valence-corrected chi connectivity index (χ1v) is 10.4. The number of hydrogen-bond donors (Lipinski definition) is 1. The number of Topliss-reactive ketones (excluding diaryl/α,β-unsaturated/α-hetero) is 1. The van der Waals surface area contributed by atoms with Crippen molar-refractivity contribution in [1.29, 1.82) is 0 Å². The summed E-state index contributed by atoms with van der Waals surface area (Å²) in [7, 11) is 5.20. The van der Waals surface area contributed by atoms with E-state index in [0.717, 1.165) is 5.56 Å². The summed E-state index contributed by atoms with van der Waals surface area (Å²) < 4.78 is 5.38. The van der Waals surface area contributed by atoms with Gasteiger partial charge in [0, 0.05) is 18.1 Å². The molecule has 0 bridgehead atoms. The number of nitrogens with zero attached hydrogens (tertiary/aromatic N) is 2. The monoisotopic (exact) mass is 462 g/mol. The lowest BCUT2D eigenvalue weighted by atomic mass is 9.94. The summed E-state index contributed by atoms with van der Waals surface area (Å²) in [4.78, 5) is 29.4. The number of carbonyl (C=O) groups is 2. The van der Waals surface area contributed by atoms with Crippen LogP contribution < -0.4 is 4.74 Å². The van der Waals surface area contributed by atoms with Crippen LogP contribution in [0.5, 0.6) is 5.75 Å². The van der Waals surface area contributed by atoms with Crippen LogP contribution in [0, 0.1) is 6.92 Å². The highest BCUT2D eigenvalue weighted by atomic mass is 35.5. The van der Waals surface area contributed by atoms with E-state index in [1.165, 1.54) is 12.0 Å². The Morgan fingerprint density at radius 2 is 1.81 bits per heavy atom. The number of aryl methyl sites for hydroxylation is 1. The fourth-order valence-corrected chi connectivity index (χ4v) is 4.14. The number of hydrogen-bond acceptors (Lipinski definition) is 5. The maximum atomic E-state index is 13.1. The minimum Gasteiger partial charge on any atom is -0.507 e. The molecule has 1 aliphatic heterocycles. The predicted molar refractivity (Wildman–Crippen MR) is 122 cm³/mol. The van der Waals surface area contributed by atoms with E-state index in [2.05, 4.69) is 0 Å². The summed E-state index contributed by atoms with van der Waals surface area (Å²) in [6.07, 6.45) is 0. The quantitative estimate of drug-likeness (QED) is 0.393. The highest BCUT2D eigenvalue weighted by Crippen LogP contribution is 2.42. The average Bonchev–Trinajstić information content (AvgIpc) is 2.96. The van der Waals surface area contributed by atoms with Crippen LogP contribution in [0.1, 0.15) is 22.7 Å². The van der Waals surface area contributed by atoms with Crippen LogP contribution >= 0.6 is 23.2 Å². The Balaban J connectivity index is 2.23. The number of likely N-dealkylation sites (N-methyl/N-ethyl adjacent to an activating group) is 1. The Morgan fingerprint density at radius 3 is 2.39 bits per heavy atom. The molecule has 1 unspecified atom stereocenters. The summed E-state index contributed by atoms with van der Waals surface area (Å²) in [6.45, 7) is 2.68. The molecule has 1 aliphatic rings. The highest BCUT2D eigenvalue weighted by Gasteiger charge is 2.46. The number of halogens is 2. The molecular weight excluding hydrogens is 439 g/mol. The number of ether oxygens (including phenoxy) is 1. The molecule has 0 saturated carbocycles. The Bertz CT molecular complexity index is 1050. The normalized spacial score (nSPS) is 18.2. The molecule has 2 aromatic rings. The average molecular weight is 463 g/mol. The number of ketones is 1. The van der Waals surface area contributed by atoms with Gasteiger partial charge in [0.2, 0.25) is 0 Å². The SMILES string of the molecule is COc1c(Cl)cc(C)cc1/C(O)=C1\C(=O)C(=O)N(CCN(C)C)C1c1ccc(Cl)cc1. The van der Waals surface area contributed by atoms with Gasteiger partial charge in [-0.25, -0.2) is 0 Å². The maximum absolute atomic E-state index is 13.1. The van der Waals surface area contributed by atoms with Crippen LogP contribution in [0.25, 0.3) is 5.76 Å². The topological polar surface area (TPSA) is 70.1 Å². The standard InChI is InChI=1S/C23H24Cl2N2O4/c1-13-11-16(22(31-4)17(25)12-13)20(28)18-19(14-5-7-15(24)8-6-14)27(10-9-26(2)3)23(30)21(18)29/h5-8,11-12,19,28H,9-10H2,1-4H3/b20-18+. The number of amides is 1. The van der Waals surface area contributed by atoms with E-state index in [4.69, 9.17) is 27.9 Å². The summed E-state index contributed by atoms with van der Waals surface area (Å²) in [6, 6.07) is 9.47. The molecule has 1 atom stereocenters. The van der Waals surface area contributed by atoms with E-state index in [1.54, 1.807) is 36.4 Å². The molecule has 0 aliphatic carbocycles. The molecule has 0 aromatic heterocycles. The lowest BCUT2D eigenvalue weighted by Crippen LogP contribution is -2.35. The fraction of sp³-hybridized carbons (Fsp3) is 0.304. The Morgan fingerprint density at radius 1 is 1.16 bits per heavy atom. The van der Waals surface area contributed by atoms with Crippen molar-refractivity contribution in [3.63, 3.8) is 0 Å². The van der Waals surface area contributed by atoms with E-state index < -0.39 is 17.7 Å². The van der Waals surface area contributed by atoms with Crippen molar-refractivity contribution in [3.8, 4) is 5.75 Å². The number of carbonyl (C=O) groups excluding carboxylic acids is 2. The van der Waals surface area contributed by atoms with E-state index in [1.807, 2.05) is 25.9 Å². The number of methoxy groups -OCH3 is 1. The third-order valence-corrected chi connectivity index (χ3v) is 5.69. The fourth-order valence-electron chi connectivity index (χ4n) is 3.67. The molecule has 8 heteroatoms. The van der Waals surface area contributed by atoms with Gasteiger partial charge in [0.05, 0.1) is 29.3 Å². The lowest BCUT2D eigenvalue weighted by molar-refractivity contribution is -0.140. The molecule has 31 heavy (non-hydrogen) atoms. The zero-order chi connectivity index (χ0) is 22.9. The van der Waals surface area contributed by atoms with Crippen molar-refractivity contribution in [2.75, 3.05) is 34.3 Å². The number of aliphatic hydroxyl groups is 1. The molecule has 0 spiro atoms. The van der Waals surface area contributed by atoms with Gasteiger partial charge in [-0.15, -0.1) is 0 Å². The van der Waals surface area contributed by atoms with Crippen LogP contribution in [0.4, 0.5) is 0 Å². The van der Waals surface area contributed by atoms with Gasteiger partial charge in [-0.1, -0.05) is 35.3 Å². The van der Waals surface area contributed by atoms with E-state index in [0.29, 0.717) is 28.7 Å². The Labute approximate surface area is 191 Å². The molecule has 0 radical (unpaired) electrons. The van der Waals surface area contributed by atoms with Crippen LogP contribution in [0.2, 0.25) is 10.0 Å². The Kier molecular flexibility index (Phi) is 6.94. The first-order valence-electron chi connectivity index (χ1n) is 9.68. The molecule has 1 amide bonds. The molecule has 3 rings (SSSR count). The van der Waals surface area contributed by atoms with Crippen LogP contribution in [-0.2, 0) is 9.59 Å². The third-order valence-electron chi connectivity index (χ3n) is 5.16. The van der Waals surface area contributed by atoms with Gasteiger partial charge in [0.1, 0.15) is 11.5 Å². The van der Waals surface area contributed by atoms with Crippen LogP contribution in [0.3, 0.4) is 0 Å². The summed E-state index contributed by atoms with van der Waals surface area (Å²) in [5, 5.41) is 12.1. The summed E-state index contributed by atoms with van der Waals surface area (Å²) >= 11 is 12.3. The number of aliphatic hydroxyl groups excluding tert-OH is 1.